The molecule has 4 rings (SSSR count). The van der Waals surface area contributed by atoms with E-state index in [1.54, 1.807) is 18.3 Å². The van der Waals surface area contributed by atoms with Crippen molar-refractivity contribution in [3.8, 4) is 6.07 Å². The predicted molar refractivity (Wildman–Crippen MR) is 102 cm³/mol. The number of thioether (sulfide) groups is 1. The molecule has 1 N–H and O–H groups in total. The summed E-state index contributed by atoms with van der Waals surface area (Å²) in [7, 11) is 0. The predicted octanol–water partition coefficient (Wildman–Crippen LogP) is 3.87. The third-order valence-electron chi connectivity index (χ3n) is 4.19. The second kappa shape index (κ2) is 6.54. The zero-order chi connectivity index (χ0) is 18.1. The second-order valence-corrected chi connectivity index (χ2v) is 6.69. The smallest absolute Gasteiger partial charge is 0.242 e. The van der Waals surface area contributed by atoms with Crippen LogP contribution in [0.1, 0.15) is 10.4 Å². The van der Waals surface area contributed by atoms with Crippen LogP contribution < -0.4 is 4.90 Å². The number of ketones is 1. The largest absolute Gasteiger partial charge is 0.360 e. The second-order valence-electron chi connectivity index (χ2n) is 5.72. The van der Waals surface area contributed by atoms with Gasteiger partial charge in [0.05, 0.1) is 5.75 Å². The number of H-pyrrole nitrogens is 1. The highest BCUT2D eigenvalue weighted by atomic mass is 32.2. The molecule has 0 bridgehead atoms. The highest BCUT2D eigenvalue weighted by molar-refractivity contribution is 8.04. The number of para-hydroxylation sites is 2. The van der Waals surface area contributed by atoms with Crippen molar-refractivity contribution in [3.05, 3.63) is 77.0 Å². The summed E-state index contributed by atoms with van der Waals surface area (Å²) < 4.78 is 0. The zero-order valence-electron chi connectivity index (χ0n) is 13.6. The number of allylic oxidation sites excluding steroid dienone is 1. The van der Waals surface area contributed by atoms with Gasteiger partial charge in [-0.1, -0.05) is 48.2 Å². The Morgan fingerprint density at radius 3 is 2.62 bits per heavy atom. The van der Waals surface area contributed by atoms with Gasteiger partial charge in [-0.25, -0.2) is 0 Å². The lowest BCUT2D eigenvalue weighted by Gasteiger charge is -2.18. The first-order valence-electron chi connectivity index (χ1n) is 7.96. The van der Waals surface area contributed by atoms with Gasteiger partial charge in [-0.05, 0) is 18.2 Å². The first-order valence-corrected chi connectivity index (χ1v) is 8.95. The molecule has 0 unspecified atom stereocenters. The number of anilines is 1. The number of aromatic nitrogens is 1. The third kappa shape index (κ3) is 2.59. The Hall–Kier alpha value is -3.30. The van der Waals surface area contributed by atoms with Gasteiger partial charge in [-0.15, -0.1) is 0 Å². The maximum atomic E-state index is 13.1. The number of aromatic amines is 1. The lowest BCUT2D eigenvalue weighted by atomic mass is 10.0. The van der Waals surface area contributed by atoms with E-state index in [0.717, 1.165) is 10.9 Å². The van der Waals surface area contributed by atoms with E-state index in [9.17, 15) is 14.9 Å². The van der Waals surface area contributed by atoms with E-state index in [1.165, 1.54) is 16.7 Å². The number of rotatable bonds is 3. The fourth-order valence-corrected chi connectivity index (χ4v) is 3.99. The van der Waals surface area contributed by atoms with Crippen molar-refractivity contribution in [2.75, 3.05) is 10.7 Å². The number of nitrogens with zero attached hydrogens (tertiary/aromatic N) is 2. The summed E-state index contributed by atoms with van der Waals surface area (Å²) in [6.07, 6.45) is 1.61. The number of Topliss-reactive ketones (excluding diaryl/α,β-unsaturated/α-hetero) is 1. The van der Waals surface area contributed by atoms with Crippen molar-refractivity contribution in [3.63, 3.8) is 0 Å². The molecule has 26 heavy (non-hydrogen) atoms. The van der Waals surface area contributed by atoms with Gasteiger partial charge in [0.1, 0.15) is 16.7 Å². The molecule has 0 radical (unpaired) electrons. The number of nitriles is 1. The van der Waals surface area contributed by atoms with Gasteiger partial charge in [0, 0.05) is 28.4 Å². The molecule has 0 atom stereocenters. The molecule has 0 saturated carbocycles. The van der Waals surface area contributed by atoms with E-state index in [-0.39, 0.29) is 23.0 Å². The van der Waals surface area contributed by atoms with Crippen LogP contribution in [0.4, 0.5) is 5.69 Å². The Labute approximate surface area is 153 Å². The van der Waals surface area contributed by atoms with Crippen molar-refractivity contribution in [1.29, 1.82) is 5.26 Å². The molecule has 1 aliphatic heterocycles. The first kappa shape index (κ1) is 16.2. The molecule has 0 spiro atoms. The van der Waals surface area contributed by atoms with Gasteiger partial charge < -0.3 is 4.98 Å². The normalized spacial score (nSPS) is 16.0. The number of nitrogens with one attached hydrogen (secondary N) is 1. The van der Waals surface area contributed by atoms with Crippen LogP contribution in [0, 0.1) is 11.3 Å². The standard InChI is InChI=1S/C20H13N3O2S/c21-10-15(19(25)16-11-22-17-9-5-4-8-14(16)17)20-23(18(24)12-26-20)13-6-2-1-3-7-13/h1-9,11,22H,12H2. The van der Waals surface area contributed by atoms with Crippen molar-refractivity contribution >= 4 is 40.0 Å². The Morgan fingerprint density at radius 2 is 1.85 bits per heavy atom. The Bertz CT molecular complexity index is 1090. The number of amides is 1. The number of carbonyl (C=O) groups is 2. The minimum absolute atomic E-state index is 0.0190. The van der Waals surface area contributed by atoms with E-state index in [4.69, 9.17) is 0 Å². The van der Waals surface area contributed by atoms with Crippen LogP contribution in [-0.2, 0) is 4.79 Å². The Kier molecular flexibility index (Phi) is 4.07. The summed E-state index contributed by atoms with van der Waals surface area (Å²) in [5, 5.41) is 10.8. The fraction of sp³-hybridized carbons (Fsp3) is 0.0500. The van der Waals surface area contributed by atoms with Crippen molar-refractivity contribution in [2.45, 2.75) is 0 Å². The van der Waals surface area contributed by atoms with Crippen LogP contribution in [-0.4, -0.2) is 22.4 Å². The van der Waals surface area contributed by atoms with Gasteiger partial charge in [-0.2, -0.15) is 5.26 Å². The van der Waals surface area contributed by atoms with Crippen LogP contribution in [0.2, 0.25) is 0 Å². The molecule has 126 valence electrons. The van der Waals surface area contributed by atoms with E-state index < -0.39 is 0 Å². The monoisotopic (exact) mass is 359 g/mol. The fourth-order valence-electron chi connectivity index (χ4n) is 2.98. The number of carbonyl (C=O) groups excluding carboxylic acids is 2. The number of hydrogen-bond donors (Lipinski definition) is 1. The molecular weight excluding hydrogens is 346 g/mol. The molecule has 1 aliphatic rings. The molecule has 0 aliphatic carbocycles. The molecule has 3 aromatic rings. The minimum Gasteiger partial charge on any atom is -0.360 e. The van der Waals surface area contributed by atoms with Crippen LogP contribution >= 0.6 is 11.8 Å². The van der Waals surface area contributed by atoms with E-state index >= 15 is 0 Å². The summed E-state index contributed by atoms with van der Waals surface area (Å²) in [5.74, 6) is -0.324. The highest BCUT2D eigenvalue weighted by Gasteiger charge is 2.33. The SMILES string of the molecule is N#CC(C(=O)c1c[nH]c2ccccc12)=C1SCC(=O)N1c1ccccc1. The van der Waals surface area contributed by atoms with Gasteiger partial charge in [0.2, 0.25) is 11.7 Å². The van der Waals surface area contributed by atoms with Gasteiger partial charge in [0.25, 0.3) is 0 Å². The molecule has 5 nitrogen and oxygen atoms in total. The lowest BCUT2D eigenvalue weighted by molar-refractivity contribution is -0.115. The van der Waals surface area contributed by atoms with E-state index in [0.29, 0.717) is 16.3 Å². The van der Waals surface area contributed by atoms with Gasteiger partial charge in [-0.3, -0.25) is 14.5 Å². The molecule has 1 amide bonds. The lowest BCUT2D eigenvalue weighted by Crippen LogP contribution is -2.25. The zero-order valence-corrected chi connectivity index (χ0v) is 14.4. The number of hydrogen-bond acceptors (Lipinski definition) is 4. The highest BCUT2D eigenvalue weighted by Crippen LogP contribution is 2.37. The minimum atomic E-state index is -0.386. The van der Waals surface area contributed by atoms with Crippen molar-refractivity contribution in [1.82, 2.24) is 4.98 Å². The molecule has 6 heteroatoms. The Balaban J connectivity index is 1.84. The third-order valence-corrected chi connectivity index (χ3v) is 5.24. The maximum absolute atomic E-state index is 13.1. The molecule has 2 heterocycles. The van der Waals surface area contributed by atoms with Crippen LogP contribution in [0.3, 0.4) is 0 Å². The van der Waals surface area contributed by atoms with Crippen molar-refractivity contribution < 1.29 is 9.59 Å². The summed E-state index contributed by atoms with van der Waals surface area (Å²) in [6, 6.07) is 18.5. The summed E-state index contributed by atoms with van der Waals surface area (Å²) in [5.41, 5.74) is 1.89. The van der Waals surface area contributed by atoms with E-state index in [1.807, 2.05) is 48.5 Å². The molecule has 1 aromatic heterocycles. The quantitative estimate of drug-likeness (QED) is 0.437. The molecule has 2 aromatic carbocycles. The maximum Gasteiger partial charge on any atom is 0.242 e. The van der Waals surface area contributed by atoms with Crippen LogP contribution in [0.25, 0.3) is 10.9 Å². The molecule has 1 saturated heterocycles. The number of benzene rings is 2. The van der Waals surface area contributed by atoms with Crippen LogP contribution in [0.5, 0.6) is 0 Å². The van der Waals surface area contributed by atoms with E-state index in [2.05, 4.69) is 4.98 Å². The van der Waals surface area contributed by atoms with Crippen molar-refractivity contribution in [2.24, 2.45) is 0 Å². The van der Waals surface area contributed by atoms with Gasteiger partial charge in [0.15, 0.2) is 0 Å². The summed E-state index contributed by atoms with van der Waals surface area (Å²) in [4.78, 5) is 29.9. The summed E-state index contributed by atoms with van der Waals surface area (Å²) in [6.45, 7) is 0. The molecule has 1 fully saturated rings. The number of fused-ring (bicyclic) bond motifs is 1. The Morgan fingerprint density at radius 1 is 1.12 bits per heavy atom. The average molecular weight is 359 g/mol. The van der Waals surface area contributed by atoms with Crippen LogP contribution in [0.15, 0.2) is 71.4 Å². The van der Waals surface area contributed by atoms with Gasteiger partial charge >= 0.3 is 0 Å². The average Bonchev–Trinajstić information content (AvgIpc) is 3.27. The first-order chi connectivity index (χ1) is 12.7. The summed E-state index contributed by atoms with van der Waals surface area (Å²) >= 11 is 1.22. The topological polar surface area (TPSA) is 77.0 Å². The molecular formula is C20H13N3O2S.